The molecule has 6 heteroatoms. The van der Waals surface area contributed by atoms with E-state index in [0.717, 1.165) is 0 Å². The first-order chi connectivity index (χ1) is 9.76. The van der Waals surface area contributed by atoms with Crippen LogP contribution in [0.3, 0.4) is 0 Å². The van der Waals surface area contributed by atoms with E-state index in [1.165, 1.54) is 40.8 Å². The van der Waals surface area contributed by atoms with E-state index in [0.29, 0.717) is 19.2 Å². The van der Waals surface area contributed by atoms with E-state index < -0.39 is 5.97 Å². The zero-order chi connectivity index (χ0) is 13.9. The third-order valence-corrected chi connectivity index (χ3v) is 4.44. The molecule has 20 heavy (non-hydrogen) atoms. The highest BCUT2D eigenvalue weighted by Gasteiger charge is 2.16. The number of nitrogens with zero attached hydrogens (tertiary/aromatic N) is 1. The number of carbonyl (C=O) groups excluding carboxylic acids is 1. The number of oxazole rings is 1. The van der Waals surface area contributed by atoms with Crippen LogP contribution in [-0.4, -0.2) is 17.6 Å². The minimum absolute atomic E-state index is 0.197. The van der Waals surface area contributed by atoms with Crippen molar-refractivity contribution in [2.24, 2.45) is 0 Å². The van der Waals surface area contributed by atoms with Gasteiger partial charge in [-0.2, -0.15) is 4.98 Å². The highest BCUT2D eigenvalue weighted by Crippen LogP contribution is 2.30. The molecule has 2 aromatic rings. The maximum absolute atomic E-state index is 11.5. The minimum Gasteiger partial charge on any atom is -0.461 e. The van der Waals surface area contributed by atoms with E-state index >= 15 is 0 Å². The Balaban J connectivity index is 1.59. The van der Waals surface area contributed by atoms with Gasteiger partial charge in [-0.05, 0) is 37.8 Å². The zero-order valence-corrected chi connectivity index (χ0v) is 12.1. The molecule has 0 amide bonds. The number of rotatable bonds is 5. The SMILES string of the molecule is CCOC(=O)c1coc(NCc2cc3c(s2)CCC3)n1. The summed E-state index contributed by atoms with van der Waals surface area (Å²) < 4.78 is 10.1. The number of carbonyl (C=O) groups is 1. The topological polar surface area (TPSA) is 64.4 Å². The van der Waals surface area contributed by atoms with Gasteiger partial charge in [-0.1, -0.05) is 0 Å². The molecule has 0 unspecified atom stereocenters. The number of esters is 1. The Morgan fingerprint density at radius 2 is 2.45 bits per heavy atom. The lowest BCUT2D eigenvalue weighted by Crippen LogP contribution is -2.05. The fraction of sp³-hybridized carbons (Fsp3) is 0.429. The van der Waals surface area contributed by atoms with Crippen LogP contribution in [0.25, 0.3) is 0 Å². The van der Waals surface area contributed by atoms with Gasteiger partial charge in [0.05, 0.1) is 13.2 Å². The third kappa shape index (κ3) is 2.70. The summed E-state index contributed by atoms with van der Waals surface area (Å²) >= 11 is 1.84. The number of aryl methyl sites for hydroxylation is 2. The summed E-state index contributed by atoms with van der Waals surface area (Å²) in [5, 5.41) is 3.09. The minimum atomic E-state index is -0.459. The lowest BCUT2D eigenvalue weighted by Gasteiger charge is -1.98. The molecule has 1 aliphatic rings. The Bertz CT molecular complexity index is 596. The molecule has 0 bridgehead atoms. The van der Waals surface area contributed by atoms with Crippen molar-refractivity contribution in [2.75, 3.05) is 11.9 Å². The second-order valence-corrected chi connectivity index (χ2v) is 5.85. The molecule has 0 spiro atoms. The molecule has 2 heterocycles. The van der Waals surface area contributed by atoms with Gasteiger partial charge < -0.3 is 14.5 Å². The number of anilines is 1. The van der Waals surface area contributed by atoms with Gasteiger partial charge >= 0.3 is 5.97 Å². The van der Waals surface area contributed by atoms with Crippen molar-refractivity contribution >= 4 is 23.3 Å². The summed E-state index contributed by atoms with van der Waals surface area (Å²) in [4.78, 5) is 18.3. The normalized spacial score (nSPS) is 13.2. The molecule has 5 nitrogen and oxygen atoms in total. The maximum atomic E-state index is 11.5. The molecule has 3 rings (SSSR count). The van der Waals surface area contributed by atoms with Crippen LogP contribution in [0.5, 0.6) is 0 Å². The number of aromatic nitrogens is 1. The summed E-state index contributed by atoms with van der Waals surface area (Å²) in [6.07, 6.45) is 4.98. The van der Waals surface area contributed by atoms with Gasteiger partial charge in [0.2, 0.25) is 0 Å². The second-order valence-electron chi connectivity index (χ2n) is 4.63. The van der Waals surface area contributed by atoms with E-state index in [-0.39, 0.29) is 5.69 Å². The number of ether oxygens (including phenoxy) is 1. The smallest absolute Gasteiger partial charge is 0.360 e. The van der Waals surface area contributed by atoms with E-state index in [4.69, 9.17) is 9.15 Å². The number of nitrogens with one attached hydrogen (secondary N) is 1. The van der Waals surface area contributed by atoms with E-state index in [9.17, 15) is 4.79 Å². The molecule has 0 saturated carbocycles. The summed E-state index contributed by atoms with van der Waals surface area (Å²) in [7, 11) is 0. The highest BCUT2D eigenvalue weighted by molar-refractivity contribution is 7.12. The molecule has 2 aromatic heterocycles. The van der Waals surface area contributed by atoms with Crippen LogP contribution < -0.4 is 5.32 Å². The van der Waals surface area contributed by atoms with Crippen molar-refractivity contribution in [1.82, 2.24) is 4.98 Å². The molecule has 0 atom stereocenters. The quantitative estimate of drug-likeness (QED) is 0.858. The Morgan fingerprint density at radius 3 is 3.25 bits per heavy atom. The Hall–Kier alpha value is -1.82. The van der Waals surface area contributed by atoms with Crippen molar-refractivity contribution in [3.63, 3.8) is 0 Å². The lowest BCUT2D eigenvalue weighted by atomic mass is 10.2. The molecule has 106 valence electrons. The van der Waals surface area contributed by atoms with Crippen LogP contribution in [0.1, 0.15) is 39.2 Å². The first-order valence-electron chi connectivity index (χ1n) is 6.73. The first kappa shape index (κ1) is 13.2. The maximum Gasteiger partial charge on any atom is 0.360 e. The Kier molecular flexibility index (Phi) is 3.73. The van der Waals surface area contributed by atoms with Gasteiger partial charge in [0.15, 0.2) is 5.69 Å². The number of hydrogen-bond donors (Lipinski definition) is 1. The zero-order valence-electron chi connectivity index (χ0n) is 11.3. The van der Waals surface area contributed by atoms with Crippen LogP contribution in [-0.2, 0) is 24.1 Å². The van der Waals surface area contributed by atoms with Gasteiger partial charge in [-0.25, -0.2) is 4.79 Å². The van der Waals surface area contributed by atoms with Crippen molar-refractivity contribution < 1.29 is 13.9 Å². The fourth-order valence-corrected chi connectivity index (χ4v) is 3.49. The average Bonchev–Trinajstić information content (AvgIpc) is 3.12. The van der Waals surface area contributed by atoms with Gasteiger partial charge in [0.25, 0.3) is 6.01 Å². The molecule has 0 aromatic carbocycles. The standard InChI is InChI=1S/C14H16N2O3S/c1-2-18-13(17)11-8-19-14(16-11)15-7-10-6-9-4-3-5-12(9)20-10/h6,8H,2-5,7H2,1H3,(H,15,16). The lowest BCUT2D eigenvalue weighted by molar-refractivity contribution is 0.0519. The molecule has 0 saturated heterocycles. The Labute approximate surface area is 121 Å². The predicted octanol–water partition coefficient (Wildman–Crippen LogP) is 3.01. The van der Waals surface area contributed by atoms with Crippen LogP contribution in [0.4, 0.5) is 6.01 Å². The summed E-state index contributed by atoms with van der Waals surface area (Å²) in [5.74, 6) is -0.459. The molecular weight excluding hydrogens is 276 g/mol. The van der Waals surface area contributed by atoms with Crippen molar-refractivity contribution in [2.45, 2.75) is 32.7 Å². The Morgan fingerprint density at radius 1 is 1.55 bits per heavy atom. The number of fused-ring (bicyclic) bond motifs is 1. The van der Waals surface area contributed by atoms with Crippen LogP contribution in [0.15, 0.2) is 16.7 Å². The van der Waals surface area contributed by atoms with Crippen molar-refractivity contribution in [3.05, 3.63) is 33.3 Å². The van der Waals surface area contributed by atoms with Crippen LogP contribution in [0.2, 0.25) is 0 Å². The van der Waals surface area contributed by atoms with E-state index in [1.54, 1.807) is 6.92 Å². The molecule has 0 aliphatic heterocycles. The number of hydrogen-bond acceptors (Lipinski definition) is 6. The second kappa shape index (κ2) is 5.66. The van der Waals surface area contributed by atoms with Crippen LogP contribution in [0, 0.1) is 0 Å². The third-order valence-electron chi connectivity index (χ3n) is 3.20. The molecule has 1 aliphatic carbocycles. The average molecular weight is 292 g/mol. The first-order valence-corrected chi connectivity index (χ1v) is 7.55. The van der Waals surface area contributed by atoms with E-state index in [2.05, 4.69) is 16.4 Å². The molecule has 0 radical (unpaired) electrons. The van der Waals surface area contributed by atoms with Gasteiger partial charge in [0.1, 0.15) is 6.26 Å². The van der Waals surface area contributed by atoms with Crippen molar-refractivity contribution in [1.29, 1.82) is 0 Å². The highest BCUT2D eigenvalue weighted by atomic mass is 32.1. The molecular formula is C14H16N2O3S. The fourth-order valence-electron chi connectivity index (χ4n) is 2.29. The van der Waals surface area contributed by atoms with Crippen molar-refractivity contribution in [3.8, 4) is 0 Å². The van der Waals surface area contributed by atoms with Gasteiger partial charge in [-0.15, -0.1) is 11.3 Å². The summed E-state index contributed by atoms with van der Waals surface area (Å²) in [6.45, 7) is 2.75. The van der Waals surface area contributed by atoms with E-state index in [1.807, 2.05) is 11.3 Å². The van der Waals surface area contributed by atoms with Gasteiger partial charge in [-0.3, -0.25) is 0 Å². The van der Waals surface area contributed by atoms with Crippen LogP contribution >= 0.6 is 11.3 Å². The van der Waals surface area contributed by atoms with Gasteiger partial charge in [0, 0.05) is 9.75 Å². The summed E-state index contributed by atoms with van der Waals surface area (Å²) in [5.41, 5.74) is 1.68. The molecule has 0 fully saturated rings. The summed E-state index contributed by atoms with van der Waals surface area (Å²) in [6, 6.07) is 2.59. The predicted molar refractivity (Wildman–Crippen MR) is 76.1 cm³/mol. The molecule has 1 N–H and O–H groups in total. The largest absolute Gasteiger partial charge is 0.461 e. The number of thiophene rings is 1. The monoisotopic (exact) mass is 292 g/mol.